The number of nitrogens with zero attached hydrogens (tertiary/aromatic N) is 2. The van der Waals surface area contributed by atoms with E-state index in [0.29, 0.717) is 37.2 Å². The van der Waals surface area contributed by atoms with E-state index in [-0.39, 0.29) is 24.1 Å². The van der Waals surface area contributed by atoms with Crippen LogP contribution in [-0.4, -0.2) is 78.8 Å². The molecule has 1 aromatic rings. The fourth-order valence-corrected chi connectivity index (χ4v) is 5.12. The quantitative estimate of drug-likeness (QED) is 0.757. The standard InChI is InChI=1S/C23H32N2O5/c1-16-4-3-5-19(29-2)20(16)21(27)25-12-8-23(9-13-25)14-18(30-22(23)28)15-24-10-6-17(26)7-11-24/h3-5,17-18,26H,6-15H2,1-2H3. The van der Waals surface area contributed by atoms with E-state index in [1.165, 1.54) is 0 Å². The number of hydrogen-bond acceptors (Lipinski definition) is 6. The SMILES string of the molecule is COc1cccc(C)c1C(=O)N1CCC2(CC1)CC(CN1CCC(O)CC1)OC2=O. The molecule has 30 heavy (non-hydrogen) atoms. The minimum absolute atomic E-state index is 0.0328. The second-order valence-electron chi connectivity index (χ2n) is 8.99. The third-order valence-electron chi connectivity index (χ3n) is 7.02. The first-order valence-corrected chi connectivity index (χ1v) is 11.0. The summed E-state index contributed by atoms with van der Waals surface area (Å²) in [5, 5.41) is 9.68. The first-order chi connectivity index (χ1) is 14.4. The molecule has 1 aromatic carbocycles. The summed E-state index contributed by atoms with van der Waals surface area (Å²) in [6, 6.07) is 5.61. The number of aliphatic hydroxyl groups excluding tert-OH is 1. The number of ether oxygens (including phenoxy) is 2. The Hall–Kier alpha value is -2.12. The summed E-state index contributed by atoms with van der Waals surface area (Å²) in [5.41, 5.74) is 1.04. The first kappa shape index (κ1) is 21.1. The van der Waals surface area contributed by atoms with E-state index >= 15 is 0 Å². The van der Waals surface area contributed by atoms with Crippen molar-refractivity contribution >= 4 is 11.9 Å². The van der Waals surface area contributed by atoms with Gasteiger partial charge < -0.3 is 19.5 Å². The molecule has 164 valence electrons. The molecule has 0 radical (unpaired) electrons. The fourth-order valence-electron chi connectivity index (χ4n) is 5.12. The average molecular weight is 417 g/mol. The molecule has 3 saturated heterocycles. The van der Waals surface area contributed by atoms with Crippen LogP contribution in [0, 0.1) is 12.3 Å². The maximum Gasteiger partial charge on any atom is 0.312 e. The summed E-state index contributed by atoms with van der Waals surface area (Å²) < 4.78 is 11.2. The van der Waals surface area contributed by atoms with Gasteiger partial charge in [0.15, 0.2) is 0 Å². The van der Waals surface area contributed by atoms with Crippen molar-refractivity contribution < 1.29 is 24.2 Å². The summed E-state index contributed by atoms with van der Waals surface area (Å²) in [4.78, 5) is 30.0. The van der Waals surface area contributed by atoms with Gasteiger partial charge in [0.2, 0.25) is 0 Å². The van der Waals surface area contributed by atoms with E-state index in [1.54, 1.807) is 7.11 Å². The van der Waals surface area contributed by atoms with Gasteiger partial charge in [-0.1, -0.05) is 12.1 Å². The molecule has 3 aliphatic heterocycles. The number of likely N-dealkylation sites (tertiary alicyclic amines) is 2. The number of aliphatic hydroxyl groups is 1. The van der Waals surface area contributed by atoms with Crippen molar-refractivity contribution in [2.75, 3.05) is 39.8 Å². The highest BCUT2D eigenvalue weighted by atomic mass is 16.6. The maximum atomic E-state index is 13.1. The van der Waals surface area contributed by atoms with Crippen LogP contribution >= 0.6 is 0 Å². The minimum atomic E-state index is -0.466. The van der Waals surface area contributed by atoms with Crippen molar-refractivity contribution in [1.82, 2.24) is 9.80 Å². The van der Waals surface area contributed by atoms with Crippen molar-refractivity contribution in [2.45, 2.75) is 51.2 Å². The monoisotopic (exact) mass is 416 g/mol. The van der Waals surface area contributed by atoms with Crippen molar-refractivity contribution in [3.8, 4) is 5.75 Å². The average Bonchev–Trinajstić information content (AvgIpc) is 3.03. The van der Waals surface area contributed by atoms with Gasteiger partial charge in [0.1, 0.15) is 11.9 Å². The van der Waals surface area contributed by atoms with Crippen LogP contribution < -0.4 is 4.74 Å². The number of hydrogen-bond donors (Lipinski definition) is 1. The van der Waals surface area contributed by atoms with Gasteiger partial charge in [-0.05, 0) is 44.2 Å². The zero-order chi connectivity index (χ0) is 21.3. The number of amides is 1. The lowest BCUT2D eigenvalue weighted by Gasteiger charge is -2.37. The van der Waals surface area contributed by atoms with Gasteiger partial charge in [0, 0.05) is 39.1 Å². The van der Waals surface area contributed by atoms with Crippen LogP contribution in [0.25, 0.3) is 0 Å². The molecule has 1 spiro atoms. The highest BCUT2D eigenvalue weighted by molar-refractivity contribution is 5.98. The largest absolute Gasteiger partial charge is 0.496 e. The molecule has 0 bridgehead atoms. The first-order valence-electron chi connectivity index (χ1n) is 11.0. The second kappa shape index (κ2) is 8.55. The zero-order valence-electron chi connectivity index (χ0n) is 17.9. The van der Waals surface area contributed by atoms with Gasteiger partial charge >= 0.3 is 5.97 Å². The second-order valence-corrected chi connectivity index (χ2v) is 8.99. The molecular weight excluding hydrogens is 384 g/mol. The number of aryl methyl sites for hydroxylation is 1. The van der Waals surface area contributed by atoms with Gasteiger partial charge in [-0.3, -0.25) is 14.5 Å². The number of cyclic esters (lactones) is 1. The Bertz CT molecular complexity index is 795. The Labute approximate surface area is 177 Å². The minimum Gasteiger partial charge on any atom is -0.496 e. The van der Waals surface area contributed by atoms with E-state index in [9.17, 15) is 14.7 Å². The molecular formula is C23H32N2O5. The summed E-state index contributed by atoms with van der Waals surface area (Å²) in [7, 11) is 1.58. The van der Waals surface area contributed by atoms with Crippen molar-refractivity contribution in [3.63, 3.8) is 0 Å². The van der Waals surface area contributed by atoms with Gasteiger partial charge in [-0.25, -0.2) is 0 Å². The predicted octanol–water partition coefficient (Wildman–Crippen LogP) is 2.00. The Morgan fingerprint density at radius 1 is 1.23 bits per heavy atom. The summed E-state index contributed by atoms with van der Waals surface area (Å²) in [5.74, 6) is 0.451. The lowest BCUT2D eigenvalue weighted by molar-refractivity contribution is -0.151. The molecule has 1 atom stereocenters. The topological polar surface area (TPSA) is 79.3 Å². The predicted molar refractivity (Wildman–Crippen MR) is 111 cm³/mol. The Balaban J connectivity index is 1.37. The molecule has 1 amide bonds. The number of methoxy groups -OCH3 is 1. The highest BCUT2D eigenvalue weighted by Gasteiger charge is 2.51. The molecule has 7 heteroatoms. The van der Waals surface area contributed by atoms with E-state index < -0.39 is 5.41 Å². The van der Waals surface area contributed by atoms with Gasteiger partial charge in [-0.2, -0.15) is 0 Å². The van der Waals surface area contributed by atoms with Gasteiger partial charge in [0.25, 0.3) is 5.91 Å². The molecule has 1 N–H and O–H groups in total. The van der Waals surface area contributed by atoms with E-state index in [1.807, 2.05) is 30.0 Å². The molecule has 4 rings (SSSR count). The van der Waals surface area contributed by atoms with Crippen molar-refractivity contribution in [2.24, 2.45) is 5.41 Å². The molecule has 3 fully saturated rings. The summed E-state index contributed by atoms with van der Waals surface area (Å²) in [6.45, 7) is 5.45. The van der Waals surface area contributed by atoms with Gasteiger partial charge in [-0.15, -0.1) is 0 Å². The summed E-state index contributed by atoms with van der Waals surface area (Å²) >= 11 is 0. The normalized spacial score (nSPS) is 24.8. The van der Waals surface area contributed by atoms with Crippen LogP contribution in [0.2, 0.25) is 0 Å². The number of benzene rings is 1. The third-order valence-corrected chi connectivity index (χ3v) is 7.02. The number of carbonyl (C=O) groups excluding carboxylic acids is 2. The molecule has 0 saturated carbocycles. The molecule has 7 nitrogen and oxygen atoms in total. The van der Waals surface area contributed by atoms with Crippen LogP contribution in [-0.2, 0) is 9.53 Å². The molecule has 3 heterocycles. The van der Waals surface area contributed by atoms with Crippen LogP contribution in [0.5, 0.6) is 5.75 Å². The smallest absolute Gasteiger partial charge is 0.312 e. The summed E-state index contributed by atoms with van der Waals surface area (Å²) in [6.07, 6.45) is 3.28. The molecule has 0 aliphatic carbocycles. The van der Waals surface area contributed by atoms with E-state index in [2.05, 4.69) is 4.90 Å². The van der Waals surface area contributed by atoms with Crippen LogP contribution in [0.15, 0.2) is 18.2 Å². The van der Waals surface area contributed by atoms with Crippen molar-refractivity contribution in [1.29, 1.82) is 0 Å². The van der Waals surface area contributed by atoms with Crippen LogP contribution in [0.4, 0.5) is 0 Å². The highest BCUT2D eigenvalue weighted by Crippen LogP contribution is 2.43. The maximum absolute atomic E-state index is 13.1. The Kier molecular flexibility index (Phi) is 6.02. The lowest BCUT2D eigenvalue weighted by Crippen LogP contribution is -2.45. The zero-order valence-corrected chi connectivity index (χ0v) is 17.9. The molecule has 1 unspecified atom stereocenters. The van der Waals surface area contributed by atoms with Crippen LogP contribution in [0.1, 0.15) is 48.0 Å². The van der Waals surface area contributed by atoms with Crippen LogP contribution in [0.3, 0.4) is 0 Å². The number of piperidine rings is 2. The number of rotatable bonds is 4. The Morgan fingerprint density at radius 2 is 1.93 bits per heavy atom. The number of esters is 1. The lowest BCUT2D eigenvalue weighted by atomic mass is 9.76. The van der Waals surface area contributed by atoms with Crippen molar-refractivity contribution in [3.05, 3.63) is 29.3 Å². The van der Waals surface area contributed by atoms with E-state index in [4.69, 9.17) is 9.47 Å². The van der Waals surface area contributed by atoms with E-state index in [0.717, 1.165) is 44.5 Å². The van der Waals surface area contributed by atoms with Gasteiger partial charge in [0.05, 0.1) is 24.2 Å². The molecule has 3 aliphatic rings. The third kappa shape index (κ3) is 4.05. The Morgan fingerprint density at radius 3 is 2.60 bits per heavy atom. The molecule has 0 aromatic heterocycles. The fraction of sp³-hybridized carbons (Fsp3) is 0.652. The number of carbonyl (C=O) groups is 2.